The highest BCUT2D eigenvalue weighted by molar-refractivity contribution is 5.85. The van der Waals surface area contributed by atoms with Gasteiger partial charge in [0.15, 0.2) is 0 Å². The van der Waals surface area contributed by atoms with Gasteiger partial charge < -0.3 is 48.5 Å². The molecule has 2 atom stereocenters. The molecule has 0 bridgehead atoms. The zero-order valence-electron chi connectivity index (χ0n) is 31.2. The van der Waals surface area contributed by atoms with Crippen LogP contribution in [0.1, 0.15) is 40.0 Å². The first-order valence-electron chi connectivity index (χ1n) is 16.5. The maximum atomic E-state index is 13.0. The number of nitrogens with one attached hydrogen (secondary N) is 2. The lowest BCUT2D eigenvalue weighted by Gasteiger charge is -2.46. The summed E-state index contributed by atoms with van der Waals surface area (Å²) in [7, 11) is 0. The monoisotopic (exact) mass is 776 g/mol. The predicted molar refractivity (Wildman–Crippen MR) is 191 cm³/mol. The van der Waals surface area contributed by atoms with Gasteiger partial charge in [0.25, 0.3) is 0 Å². The third-order valence-corrected chi connectivity index (χ3v) is 7.64. The van der Waals surface area contributed by atoms with Gasteiger partial charge in [0.1, 0.15) is 31.8 Å². The SMILES string of the molecule is C=CC(=O)OCC(COC(=O)C=C)(COC(=O)C=C)COC(=O)NCC1(C)CC(NC(=O)OCC(OC(=O)C=C)(OC(=O)C=C)OC(=O)C=C)CC(C)(C)C1. The summed E-state index contributed by atoms with van der Waals surface area (Å²) in [5, 5.41) is 5.36. The number of rotatable bonds is 22. The quantitative estimate of drug-likeness (QED) is 0.0696. The molecule has 0 spiro atoms. The van der Waals surface area contributed by atoms with Crippen molar-refractivity contribution in [3.63, 3.8) is 0 Å². The van der Waals surface area contributed by atoms with E-state index in [2.05, 4.69) is 50.1 Å². The van der Waals surface area contributed by atoms with Crippen LogP contribution in [0.15, 0.2) is 75.9 Å². The zero-order valence-corrected chi connectivity index (χ0v) is 31.2. The number of esters is 6. The Morgan fingerprint density at radius 1 is 0.564 bits per heavy atom. The van der Waals surface area contributed by atoms with Gasteiger partial charge in [0.05, 0.1) is 0 Å². The molecule has 302 valence electrons. The van der Waals surface area contributed by atoms with Crippen LogP contribution in [0.25, 0.3) is 0 Å². The molecule has 0 radical (unpaired) electrons. The molecule has 1 rings (SSSR count). The van der Waals surface area contributed by atoms with Gasteiger partial charge in [-0.15, -0.1) is 0 Å². The van der Waals surface area contributed by atoms with Crippen LogP contribution in [0.3, 0.4) is 0 Å². The lowest BCUT2D eigenvalue weighted by Crippen LogP contribution is -2.52. The first-order valence-corrected chi connectivity index (χ1v) is 16.5. The molecule has 1 fully saturated rings. The van der Waals surface area contributed by atoms with E-state index in [0.717, 1.165) is 18.2 Å². The molecule has 1 saturated carbocycles. The molecule has 0 aromatic heterocycles. The minimum atomic E-state index is -2.85. The predicted octanol–water partition coefficient (Wildman–Crippen LogP) is 3.04. The minimum Gasteiger partial charge on any atom is -0.462 e. The van der Waals surface area contributed by atoms with Gasteiger partial charge >= 0.3 is 54.0 Å². The lowest BCUT2D eigenvalue weighted by atomic mass is 9.62. The second-order valence-corrected chi connectivity index (χ2v) is 13.4. The van der Waals surface area contributed by atoms with Gasteiger partial charge in [-0.2, -0.15) is 0 Å². The Balaban J connectivity index is 3.11. The summed E-state index contributed by atoms with van der Waals surface area (Å²) in [5.74, 6) is -8.97. The summed E-state index contributed by atoms with van der Waals surface area (Å²) in [5.41, 5.74) is -2.60. The third-order valence-electron chi connectivity index (χ3n) is 7.64. The first kappa shape index (κ1) is 46.8. The van der Waals surface area contributed by atoms with Gasteiger partial charge in [-0.05, 0) is 30.1 Å². The van der Waals surface area contributed by atoms with Crippen molar-refractivity contribution in [2.75, 3.05) is 39.6 Å². The molecule has 18 heteroatoms. The van der Waals surface area contributed by atoms with Crippen molar-refractivity contribution in [3.8, 4) is 0 Å². The summed E-state index contributed by atoms with van der Waals surface area (Å²) >= 11 is 0. The Labute approximate surface area is 318 Å². The normalized spacial score (nSPS) is 17.2. The molecule has 1 aliphatic rings. The Bertz CT molecular complexity index is 1420. The van der Waals surface area contributed by atoms with E-state index in [1.54, 1.807) is 0 Å². The van der Waals surface area contributed by atoms with Crippen LogP contribution in [0.2, 0.25) is 0 Å². The number of ether oxygens (including phenoxy) is 8. The van der Waals surface area contributed by atoms with Gasteiger partial charge in [-0.3, -0.25) is 0 Å². The van der Waals surface area contributed by atoms with Gasteiger partial charge in [-0.25, -0.2) is 38.4 Å². The highest BCUT2D eigenvalue weighted by atomic mass is 16.9. The second-order valence-electron chi connectivity index (χ2n) is 13.4. The van der Waals surface area contributed by atoms with Gasteiger partial charge in [0, 0.05) is 49.0 Å². The van der Waals surface area contributed by atoms with E-state index in [-0.39, 0.29) is 6.54 Å². The molecule has 0 aromatic carbocycles. The number of hydrogen-bond acceptors (Lipinski definition) is 16. The number of carbonyl (C=O) groups excluding carboxylic acids is 8. The highest BCUT2D eigenvalue weighted by Gasteiger charge is 2.46. The summed E-state index contributed by atoms with van der Waals surface area (Å²) in [6, 6.07) is -0.554. The summed E-state index contributed by atoms with van der Waals surface area (Å²) < 4.78 is 40.9. The van der Waals surface area contributed by atoms with E-state index < -0.39 is 109 Å². The van der Waals surface area contributed by atoms with Crippen LogP contribution in [0, 0.1) is 16.2 Å². The van der Waals surface area contributed by atoms with Crippen LogP contribution >= 0.6 is 0 Å². The van der Waals surface area contributed by atoms with Crippen LogP contribution in [0.5, 0.6) is 0 Å². The van der Waals surface area contributed by atoms with Gasteiger partial charge in [-0.1, -0.05) is 60.2 Å². The van der Waals surface area contributed by atoms with Crippen molar-refractivity contribution in [3.05, 3.63) is 75.9 Å². The number of alkyl carbamates (subject to hydrolysis) is 2. The number of amides is 2. The standard InChI is InChI=1S/C37H48N2O16/c1-10-26(40)48-20-36(21-49-27(41)11-2,22-50-28(42)12-3)23-51-32(46)38-19-35(9)17-25(16-34(7,8)18-35)39-33(47)52-24-37(53-29(43)13-4,54-30(44)14-5)55-31(45)15-6/h10-15,25H,1-6,16-24H2,7-9H3,(H,38,46)(H,39,47). The molecule has 1 aliphatic carbocycles. The third kappa shape index (κ3) is 17.0. The first-order chi connectivity index (χ1) is 25.7. The Hall–Kier alpha value is -6.20. The molecule has 0 heterocycles. The van der Waals surface area contributed by atoms with Crippen LogP contribution in [-0.2, 0) is 66.7 Å². The Kier molecular flexibility index (Phi) is 18.3. The van der Waals surface area contributed by atoms with Crippen molar-refractivity contribution >= 4 is 48.0 Å². The average Bonchev–Trinajstić information content (AvgIpc) is 3.14. The fourth-order valence-corrected chi connectivity index (χ4v) is 5.62. The number of hydrogen-bond donors (Lipinski definition) is 2. The molecule has 2 amide bonds. The maximum absolute atomic E-state index is 13.0. The van der Waals surface area contributed by atoms with E-state index in [0.29, 0.717) is 37.5 Å². The van der Waals surface area contributed by atoms with Crippen molar-refractivity contribution in [2.24, 2.45) is 16.2 Å². The smallest absolute Gasteiger partial charge is 0.460 e. The molecule has 55 heavy (non-hydrogen) atoms. The van der Waals surface area contributed by atoms with E-state index in [1.165, 1.54) is 0 Å². The van der Waals surface area contributed by atoms with E-state index in [4.69, 9.17) is 37.9 Å². The molecule has 18 nitrogen and oxygen atoms in total. The Morgan fingerprint density at radius 3 is 1.35 bits per heavy atom. The summed E-state index contributed by atoms with van der Waals surface area (Å²) in [6.45, 7) is 22.2. The highest BCUT2D eigenvalue weighted by Crippen LogP contribution is 2.45. The molecule has 2 N–H and O–H groups in total. The van der Waals surface area contributed by atoms with E-state index in [1.807, 2.05) is 20.8 Å². The van der Waals surface area contributed by atoms with Crippen molar-refractivity contribution in [1.29, 1.82) is 0 Å². The fourth-order valence-electron chi connectivity index (χ4n) is 5.62. The largest absolute Gasteiger partial charge is 0.462 e. The molecule has 0 aromatic rings. The van der Waals surface area contributed by atoms with Gasteiger partial charge in [0.2, 0.25) is 6.61 Å². The molecular weight excluding hydrogens is 728 g/mol. The van der Waals surface area contributed by atoms with Crippen LogP contribution in [-0.4, -0.2) is 99.6 Å². The van der Waals surface area contributed by atoms with Crippen molar-refractivity contribution < 1.29 is 76.3 Å². The fraction of sp³-hybridized carbons (Fsp3) is 0.459. The number of carbonyl (C=O) groups is 8. The zero-order chi connectivity index (χ0) is 41.9. The molecule has 2 unspecified atom stereocenters. The molecular formula is C37H48N2O16. The summed E-state index contributed by atoms with van der Waals surface area (Å²) in [6.07, 6.45) is 4.04. The minimum absolute atomic E-state index is 0.0352. The maximum Gasteiger partial charge on any atom is 0.460 e. The van der Waals surface area contributed by atoms with Crippen molar-refractivity contribution in [2.45, 2.75) is 52.0 Å². The molecule has 0 aliphatic heterocycles. The lowest BCUT2D eigenvalue weighted by molar-refractivity contribution is -0.335. The van der Waals surface area contributed by atoms with E-state index in [9.17, 15) is 38.4 Å². The van der Waals surface area contributed by atoms with Crippen molar-refractivity contribution in [1.82, 2.24) is 10.6 Å². The van der Waals surface area contributed by atoms with E-state index >= 15 is 0 Å². The summed E-state index contributed by atoms with van der Waals surface area (Å²) in [4.78, 5) is 97.8. The Morgan fingerprint density at radius 2 is 0.945 bits per heavy atom. The topological polar surface area (TPSA) is 234 Å². The second kappa shape index (κ2) is 21.5. The average molecular weight is 777 g/mol. The van der Waals surface area contributed by atoms with Crippen LogP contribution < -0.4 is 10.6 Å². The molecule has 0 saturated heterocycles. The van der Waals surface area contributed by atoms with Crippen LogP contribution in [0.4, 0.5) is 9.59 Å².